The number of ether oxygens (including phenoxy) is 1. The lowest BCUT2D eigenvalue weighted by atomic mass is 9.90. The Kier molecular flexibility index (Phi) is 2.34. The van der Waals surface area contributed by atoms with Gasteiger partial charge in [-0.1, -0.05) is 0 Å². The van der Waals surface area contributed by atoms with E-state index in [-0.39, 0.29) is 0 Å². The molecule has 50 valence electrons. The van der Waals surface area contributed by atoms with Crippen molar-refractivity contribution in [1.29, 1.82) is 0 Å². The summed E-state index contributed by atoms with van der Waals surface area (Å²) in [4.78, 5) is 3.92. The third-order valence-corrected chi connectivity index (χ3v) is 1.80. The van der Waals surface area contributed by atoms with Gasteiger partial charge in [-0.25, -0.2) is 4.99 Å². The highest BCUT2D eigenvalue weighted by atomic mass is 32.1. The van der Waals surface area contributed by atoms with Crippen molar-refractivity contribution in [1.82, 2.24) is 0 Å². The minimum Gasteiger partial charge on any atom is -0.379 e. The molecule has 1 fully saturated rings. The third kappa shape index (κ3) is 1.36. The second-order valence-corrected chi connectivity index (χ2v) is 2.32. The highest BCUT2D eigenvalue weighted by Gasteiger charge is 2.29. The van der Waals surface area contributed by atoms with Gasteiger partial charge in [-0.2, -0.15) is 0 Å². The molecule has 1 aliphatic carbocycles. The molecular formula is C6H9NOS. The molecule has 0 bridgehead atoms. The number of hydrogen-bond acceptors (Lipinski definition) is 3. The molecule has 0 aromatic heterocycles. The third-order valence-electron chi connectivity index (χ3n) is 1.70. The van der Waals surface area contributed by atoms with Crippen molar-refractivity contribution >= 4 is 17.4 Å². The van der Waals surface area contributed by atoms with Crippen molar-refractivity contribution in [2.75, 3.05) is 7.11 Å². The van der Waals surface area contributed by atoms with Gasteiger partial charge in [0.25, 0.3) is 0 Å². The van der Waals surface area contributed by atoms with E-state index in [1.54, 1.807) is 7.11 Å². The first-order valence-electron chi connectivity index (χ1n) is 2.98. The van der Waals surface area contributed by atoms with Crippen molar-refractivity contribution in [2.45, 2.75) is 25.0 Å². The first-order chi connectivity index (χ1) is 4.38. The average Bonchev–Trinajstić information content (AvgIpc) is 1.82. The molecule has 0 saturated heterocycles. The summed E-state index contributed by atoms with van der Waals surface area (Å²) in [5.41, 5.74) is 0. The van der Waals surface area contributed by atoms with Gasteiger partial charge in [0.1, 0.15) is 0 Å². The molecule has 0 N–H and O–H groups in total. The lowest BCUT2D eigenvalue weighted by Crippen LogP contribution is -2.36. The molecule has 1 rings (SSSR count). The number of aliphatic imine (C=N–C) groups is 1. The first kappa shape index (κ1) is 6.87. The van der Waals surface area contributed by atoms with Crippen LogP contribution in [0.25, 0.3) is 0 Å². The summed E-state index contributed by atoms with van der Waals surface area (Å²) >= 11 is 4.46. The largest absolute Gasteiger partial charge is 0.379 e. The Hall–Kier alpha value is -0.240. The zero-order valence-electron chi connectivity index (χ0n) is 5.33. The van der Waals surface area contributed by atoms with Crippen LogP contribution in [-0.4, -0.2) is 24.4 Å². The average molecular weight is 143 g/mol. The fraction of sp³-hybridized carbons (Fsp3) is 0.833. The van der Waals surface area contributed by atoms with Crippen LogP contribution < -0.4 is 0 Å². The summed E-state index contributed by atoms with van der Waals surface area (Å²) < 4.78 is 5.07. The number of rotatable bonds is 2. The molecule has 0 spiro atoms. The summed E-state index contributed by atoms with van der Waals surface area (Å²) in [6.07, 6.45) is 2.52. The fourth-order valence-electron chi connectivity index (χ4n) is 0.942. The highest BCUT2D eigenvalue weighted by molar-refractivity contribution is 7.78. The fourth-order valence-corrected chi connectivity index (χ4v) is 1.08. The zero-order valence-corrected chi connectivity index (χ0v) is 6.15. The molecule has 1 aliphatic rings. The van der Waals surface area contributed by atoms with Gasteiger partial charge in [0.05, 0.1) is 17.3 Å². The van der Waals surface area contributed by atoms with Crippen molar-refractivity contribution < 1.29 is 4.74 Å². The van der Waals surface area contributed by atoms with E-state index in [0.717, 1.165) is 12.8 Å². The van der Waals surface area contributed by atoms with Crippen LogP contribution in [0, 0.1) is 0 Å². The molecule has 2 nitrogen and oxygen atoms in total. The highest BCUT2D eigenvalue weighted by Crippen LogP contribution is 2.25. The van der Waals surface area contributed by atoms with Gasteiger partial charge in [-0.3, -0.25) is 0 Å². The van der Waals surface area contributed by atoms with Crippen LogP contribution in [0.5, 0.6) is 0 Å². The Morgan fingerprint density at radius 3 is 2.78 bits per heavy atom. The maximum absolute atomic E-state index is 5.07. The van der Waals surface area contributed by atoms with Crippen molar-refractivity contribution in [3.8, 4) is 0 Å². The standard InChI is InChI=1S/C6H9NOS/c1-8-6-3-2-5(6)7-4-9/h5-6H,2-3H2,1H3/t5-,6-/m1/s1. The molecule has 0 amide bonds. The number of isothiocyanates is 1. The van der Waals surface area contributed by atoms with Crippen LogP contribution >= 0.6 is 12.2 Å². The van der Waals surface area contributed by atoms with E-state index in [1.807, 2.05) is 0 Å². The quantitative estimate of drug-likeness (QED) is 0.429. The molecule has 0 aromatic rings. The van der Waals surface area contributed by atoms with Crippen molar-refractivity contribution in [3.63, 3.8) is 0 Å². The van der Waals surface area contributed by atoms with E-state index in [1.165, 1.54) is 0 Å². The van der Waals surface area contributed by atoms with E-state index in [2.05, 4.69) is 22.4 Å². The Bertz CT molecular complexity index is 140. The van der Waals surface area contributed by atoms with Crippen molar-refractivity contribution in [3.05, 3.63) is 0 Å². The van der Waals surface area contributed by atoms with Crippen LogP contribution in [0.15, 0.2) is 4.99 Å². The summed E-state index contributed by atoms with van der Waals surface area (Å²) in [6, 6.07) is 0.299. The summed E-state index contributed by atoms with van der Waals surface area (Å²) in [7, 11) is 1.70. The van der Waals surface area contributed by atoms with E-state index >= 15 is 0 Å². The minimum absolute atomic E-state index is 0.299. The maximum atomic E-state index is 5.07. The van der Waals surface area contributed by atoms with Gasteiger partial charge in [0.2, 0.25) is 0 Å². The number of nitrogens with zero attached hydrogens (tertiary/aromatic N) is 1. The zero-order chi connectivity index (χ0) is 6.69. The molecule has 0 radical (unpaired) electrons. The number of thiocarbonyl (C=S) groups is 1. The molecule has 0 aromatic carbocycles. The van der Waals surface area contributed by atoms with Crippen LogP contribution in [0.3, 0.4) is 0 Å². The summed E-state index contributed by atoms with van der Waals surface area (Å²) in [5.74, 6) is 0. The Balaban J connectivity index is 2.35. The van der Waals surface area contributed by atoms with E-state index in [9.17, 15) is 0 Å². The van der Waals surface area contributed by atoms with Gasteiger partial charge >= 0.3 is 0 Å². The molecule has 0 aliphatic heterocycles. The SMILES string of the molecule is CO[C@@H]1CC[C@H]1N=C=S. The molecule has 1 saturated carbocycles. The Morgan fingerprint density at radius 1 is 1.67 bits per heavy atom. The number of hydrogen-bond donors (Lipinski definition) is 0. The maximum Gasteiger partial charge on any atom is 0.0865 e. The van der Waals surface area contributed by atoms with Gasteiger partial charge in [-0.15, -0.1) is 0 Å². The Morgan fingerprint density at radius 2 is 2.44 bits per heavy atom. The second kappa shape index (κ2) is 3.06. The monoisotopic (exact) mass is 143 g/mol. The van der Waals surface area contributed by atoms with Crippen LogP contribution in [0.2, 0.25) is 0 Å². The lowest BCUT2D eigenvalue weighted by Gasteiger charge is -2.30. The van der Waals surface area contributed by atoms with Crippen molar-refractivity contribution in [2.24, 2.45) is 4.99 Å². The first-order valence-corrected chi connectivity index (χ1v) is 3.39. The Labute approximate surface area is 59.9 Å². The van der Waals surface area contributed by atoms with Gasteiger partial charge < -0.3 is 4.74 Å². The smallest absolute Gasteiger partial charge is 0.0865 e. The van der Waals surface area contributed by atoms with Gasteiger partial charge in [0.15, 0.2) is 0 Å². The predicted octanol–water partition coefficient (Wildman–Crippen LogP) is 1.27. The van der Waals surface area contributed by atoms with E-state index in [0.29, 0.717) is 12.1 Å². The normalized spacial score (nSPS) is 32.6. The number of methoxy groups -OCH3 is 1. The van der Waals surface area contributed by atoms with Crippen LogP contribution in [0.1, 0.15) is 12.8 Å². The molecule has 2 atom stereocenters. The molecule has 0 heterocycles. The molecule has 9 heavy (non-hydrogen) atoms. The molecule has 3 heteroatoms. The second-order valence-electron chi connectivity index (χ2n) is 2.14. The van der Waals surface area contributed by atoms with Crippen LogP contribution in [0.4, 0.5) is 0 Å². The van der Waals surface area contributed by atoms with Crippen LogP contribution in [-0.2, 0) is 4.74 Å². The van der Waals surface area contributed by atoms with Gasteiger partial charge in [0, 0.05) is 7.11 Å². The predicted molar refractivity (Wildman–Crippen MR) is 38.8 cm³/mol. The molecule has 0 unspecified atom stereocenters. The lowest BCUT2D eigenvalue weighted by molar-refractivity contribution is 0.0225. The van der Waals surface area contributed by atoms with Gasteiger partial charge in [-0.05, 0) is 25.1 Å². The minimum atomic E-state index is 0.299. The molecular weight excluding hydrogens is 134 g/mol. The van der Waals surface area contributed by atoms with E-state index in [4.69, 9.17) is 4.74 Å². The summed E-state index contributed by atoms with van der Waals surface area (Å²) in [6.45, 7) is 0. The summed E-state index contributed by atoms with van der Waals surface area (Å²) in [5, 5.41) is 2.36. The topological polar surface area (TPSA) is 21.6 Å². The van der Waals surface area contributed by atoms with E-state index < -0.39 is 0 Å².